The molecule has 1 unspecified atom stereocenters. The van der Waals surface area contributed by atoms with Gasteiger partial charge in [-0.15, -0.1) is 0 Å². The third kappa shape index (κ3) is 3.16. The molecule has 1 aliphatic carbocycles. The highest BCUT2D eigenvalue weighted by atomic mass is 19.1. The Morgan fingerprint density at radius 2 is 2.06 bits per heavy atom. The number of hydrogen-bond acceptors (Lipinski definition) is 6. The van der Waals surface area contributed by atoms with E-state index in [1.807, 2.05) is 6.07 Å². The van der Waals surface area contributed by atoms with Gasteiger partial charge in [0.1, 0.15) is 11.3 Å². The maximum Gasteiger partial charge on any atom is 0.341 e. The van der Waals surface area contributed by atoms with Crippen LogP contribution in [0.5, 0.6) is 0 Å². The van der Waals surface area contributed by atoms with Crippen LogP contribution in [0.1, 0.15) is 41.2 Å². The number of rotatable bonds is 5. The lowest BCUT2D eigenvalue weighted by Crippen LogP contribution is -2.38. The first-order chi connectivity index (χ1) is 15.8. The maximum atomic E-state index is 16.0. The van der Waals surface area contributed by atoms with Gasteiger partial charge >= 0.3 is 5.97 Å². The van der Waals surface area contributed by atoms with Crippen LogP contribution in [0.4, 0.5) is 20.2 Å². The summed E-state index contributed by atoms with van der Waals surface area (Å²) in [6.45, 7) is 0.830. The molecule has 3 aromatic rings. The maximum absolute atomic E-state index is 16.0. The average Bonchev–Trinajstić information content (AvgIpc) is 3.57. The van der Waals surface area contributed by atoms with E-state index in [1.165, 1.54) is 4.57 Å². The van der Waals surface area contributed by atoms with Gasteiger partial charge in [-0.1, -0.05) is 6.07 Å². The molecule has 3 heterocycles. The van der Waals surface area contributed by atoms with Gasteiger partial charge in [-0.3, -0.25) is 9.78 Å². The zero-order valence-electron chi connectivity index (χ0n) is 17.7. The molecule has 0 bridgehead atoms. The van der Waals surface area contributed by atoms with E-state index < -0.39 is 45.1 Å². The summed E-state index contributed by atoms with van der Waals surface area (Å²) in [5.74, 6) is -3.46. The van der Waals surface area contributed by atoms with Crippen molar-refractivity contribution in [3.63, 3.8) is 0 Å². The third-order valence-corrected chi connectivity index (χ3v) is 6.87. The van der Waals surface area contributed by atoms with Crippen LogP contribution in [0.15, 0.2) is 35.5 Å². The standard InChI is InChI=1S/C23H23F2N5O3/c24-16-18(27)15-19(30(13-3-4-13)9-14(21(15)31)22(32)33)17(25)20(16)29-7-5-23(10-26,11-29)12-2-1-6-28-8-12/h1-2,6,8-9,13H,3-5,7,10-11,26-27H2,(H,32,33). The van der Waals surface area contributed by atoms with Crippen molar-refractivity contribution in [2.24, 2.45) is 5.73 Å². The normalized spacial score (nSPS) is 20.5. The van der Waals surface area contributed by atoms with E-state index in [9.17, 15) is 14.7 Å². The molecule has 0 radical (unpaired) electrons. The number of nitrogens with two attached hydrogens (primary N) is 2. The van der Waals surface area contributed by atoms with Gasteiger partial charge in [-0.25, -0.2) is 13.6 Å². The van der Waals surface area contributed by atoms with Crippen molar-refractivity contribution in [3.8, 4) is 0 Å². The van der Waals surface area contributed by atoms with Gasteiger partial charge < -0.3 is 26.0 Å². The highest BCUT2D eigenvalue weighted by Gasteiger charge is 2.42. The van der Waals surface area contributed by atoms with E-state index in [0.717, 1.165) is 11.8 Å². The number of fused-ring (bicyclic) bond motifs is 1. The largest absolute Gasteiger partial charge is 0.477 e. The molecule has 1 atom stereocenters. The number of halogens is 2. The van der Waals surface area contributed by atoms with Crippen LogP contribution in [-0.2, 0) is 5.41 Å². The number of aromatic nitrogens is 2. The highest BCUT2D eigenvalue weighted by Crippen LogP contribution is 2.44. The fourth-order valence-corrected chi connectivity index (χ4v) is 4.88. The summed E-state index contributed by atoms with van der Waals surface area (Å²) in [6.07, 6.45) is 6.44. The van der Waals surface area contributed by atoms with Crippen LogP contribution in [0.3, 0.4) is 0 Å². The Morgan fingerprint density at radius 3 is 2.67 bits per heavy atom. The summed E-state index contributed by atoms with van der Waals surface area (Å²) in [5.41, 5.74) is 9.88. The molecule has 1 aliphatic heterocycles. The second-order valence-electron chi connectivity index (χ2n) is 8.83. The number of benzene rings is 1. The first-order valence-corrected chi connectivity index (χ1v) is 10.7. The molecule has 172 valence electrons. The van der Waals surface area contributed by atoms with E-state index in [4.69, 9.17) is 11.5 Å². The molecule has 10 heteroatoms. The molecule has 5 rings (SSSR count). The van der Waals surface area contributed by atoms with E-state index in [-0.39, 0.29) is 30.3 Å². The summed E-state index contributed by atoms with van der Waals surface area (Å²) in [7, 11) is 0. The lowest BCUT2D eigenvalue weighted by atomic mass is 9.80. The number of hydrogen-bond donors (Lipinski definition) is 3. The van der Waals surface area contributed by atoms with E-state index in [2.05, 4.69) is 4.98 Å². The van der Waals surface area contributed by atoms with Crippen LogP contribution in [0, 0.1) is 11.6 Å². The average molecular weight is 455 g/mol. The molecular formula is C23H23F2N5O3. The van der Waals surface area contributed by atoms with Crippen molar-refractivity contribution >= 4 is 28.2 Å². The first-order valence-electron chi connectivity index (χ1n) is 10.7. The summed E-state index contributed by atoms with van der Waals surface area (Å²) in [4.78, 5) is 30.1. The Morgan fingerprint density at radius 1 is 1.30 bits per heavy atom. The van der Waals surface area contributed by atoms with E-state index >= 15 is 8.78 Å². The Balaban J connectivity index is 1.71. The van der Waals surface area contributed by atoms with Gasteiger partial charge in [0.2, 0.25) is 5.43 Å². The second kappa shape index (κ2) is 7.51. The molecule has 0 amide bonds. The minimum atomic E-state index is -1.47. The number of aromatic carboxylic acids is 1. The number of pyridine rings is 2. The number of carboxylic acids is 1. The Kier molecular flexibility index (Phi) is 4.86. The molecule has 2 fully saturated rings. The molecule has 0 spiro atoms. The summed E-state index contributed by atoms with van der Waals surface area (Å²) >= 11 is 0. The van der Waals surface area contributed by atoms with Gasteiger partial charge in [0.25, 0.3) is 0 Å². The van der Waals surface area contributed by atoms with Crippen LogP contribution in [0.25, 0.3) is 10.9 Å². The Hall–Kier alpha value is -3.53. The van der Waals surface area contributed by atoms with Gasteiger partial charge in [-0.2, -0.15) is 0 Å². The smallest absolute Gasteiger partial charge is 0.341 e. The number of nitrogen functional groups attached to an aromatic ring is 1. The molecule has 2 aliphatic rings. The molecule has 1 aromatic carbocycles. The lowest BCUT2D eigenvalue weighted by Gasteiger charge is -2.29. The van der Waals surface area contributed by atoms with Crippen molar-refractivity contribution < 1.29 is 18.7 Å². The predicted octanol–water partition coefficient (Wildman–Crippen LogP) is 2.40. The van der Waals surface area contributed by atoms with Crippen LogP contribution in [0.2, 0.25) is 0 Å². The molecule has 8 nitrogen and oxygen atoms in total. The minimum absolute atomic E-state index is 0.159. The van der Waals surface area contributed by atoms with Crippen molar-refractivity contribution in [1.82, 2.24) is 9.55 Å². The van der Waals surface area contributed by atoms with Crippen molar-refractivity contribution in [3.05, 3.63) is 63.7 Å². The predicted molar refractivity (Wildman–Crippen MR) is 120 cm³/mol. The summed E-state index contributed by atoms with van der Waals surface area (Å²) < 4.78 is 32.9. The highest BCUT2D eigenvalue weighted by molar-refractivity contribution is 5.99. The second-order valence-corrected chi connectivity index (χ2v) is 8.83. The van der Waals surface area contributed by atoms with Gasteiger partial charge in [0, 0.05) is 49.7 Å². The molecule has 5 N–H and O–H groups in total. The molecule has 33 heavy (non-hydrogen) atoms. The van der Waals surface area contributed by atoms with Crippen molar-refractivity contribution in [2.75, 3.05) is 30.3 Å². The number of carbonyl (C=O) groups is 1. The Labute approximate surface area is 187 Å². The van der Waals surface area contributed by atoms with Gasteiger partial charge in [0.15, 0.2) is 11.6 Å². The van der Waals surface area contributed by atoms with Crippen molar-refractivity contribution in [2.45, 2.75) is 30.7 Å². The summed E-state index contributed by atoms with van der Waals surface area (Å²) in [6, 6.07) is 3.51. The topological polar surface area (TPSA) is 127 Å². The first kappa shape index (κ1) is 21.3. The van der Waals surface area contributed by atoms with E-state index in [1.54, 1.807) is 23.4 Å². The zero-order valence-corrected chi connectivity index (χ0v) is 17.7. The van der Waals surface area contributed by atoms with Gasteiger partial charge in [0.05, 0.1) is 16.6 Å². The number of nitrogens with zero attached hydrogens (tertiary/aromatic N) is 3. The SMILES string of the molecule is NCC1(c2cccnc2)CCN(c2c(F)c(N)c3c(=O)c(C(=O)O)cn(C4CC4)c3c2F)C1. The minimum Gasteiger partial charge on any atom is -0.477 e. The van der Waals surface area contributed by atoms with E-state index in [0.29, 0.717) is 25.8 Å². The number of anilines is 2. The monoisotopic (exact) mass is 455 g/mol. The molecule has 1 saturated carbocycles. The quantitative estimate of drug-likeness (QED) is 0.504. The van der Waals surface area contributed by atoms with Crippen molar-refractivity contribution in [1.29, 1.82) is 0 Å². The zero-order chi connectivity index (χ0) is 23.5. The summed E-state index contributed by atoms with van der Waals surface area (Å²) in [5, 5.41) is 9.00. The van der Waals surface area contributed by atoms with Crippen LogP contribution >= 0.6 is 0 Å². The molecule has 2 aromatic heterocycles. The molecular weight excluding hydrogens is 432 g/mol. The fourth-order valence-electron chi connectivity index (χ4n) is 4.88. The molecule has 1 saturated heterocycles. The lowest BCUT2D eigenvalue weighted by molar-refractivity contribution is 0.0695. The third-order valence-electron chi connectivity index (χ3n) is 6.87. The Bertz CT molecular complexity index is 1340. The number of carboxylic acid groups (broad SMARTS) is 1. The van der Waals surface area contributed by atoms with Crippen LogP contribution < -0.4 is 21.8 Å². The van der Waals surface area contributed by atoms with Gasteiger partial charge in [-0.05, 0) is 30.9 Å². The van der Waals surface area contributed by atoms with Crippen LogP contribution in [-0.4, -0.2) is 40.3 Å². The fraction of sp³-hybridized carbons (Fsp3) is 0.348.